The van der Waals surface area contributed by atoms with E-state index in [4.69, 9.17) is 0 Å². The maximum atomic E-state index is 12.4. The molecule has 1 aromatic heterocycles. The zero-order chi connectivity index (χ0) is 15.4. The first-order valence-electron chi connectivity index (χ1n) is 6.90. The maximum absolute atomic E-state index is 12.4. The molecule has 0 unspecified atom stereocenters. The molecule has 0 aliphatic carbocycles. The summed E-state index contributed by atoms with van der Waals surface area (Å²) in [5.41, 5.74) is 0.882. The van der Waals surface area contributed by atoms with Crippen LogP contribution in [0, 0.1) is 0 Å². The van der Waals surface area contributed by atoms with Crippen LogP contribution < -0.4 is 4.90 Å². The number of nitrogens with one attached hydrogen (secondary N) is 1. The molecule has 0 spiro atoms. The Morgan fingerprint density at radius 2 is 1.90 bits per heavy atom. The van der Waals surface area contributed by atoms with Crippen molar-refractivity contribution in [1.29, 1.82) is 0 Å². The highest BCUT2D eigenvalue weighted by atomic mass is 32.2. The number of hydrogen-bond acceptors (Lipinski definition) is 4. The van der Waals surface area contributed by atoms with Crippen LogP contribution in [-0.4, -0.2) is 33.4 Å². The summed E-state index contributed by atoms with van der Waals surface area (Å²) in [6.07, 6.45) is 0. The van der Waals surface area contributed by atoms with Gasteiger partial charge in [0.15, 0.2) is 0 Å². The molecule has 21 heavy (non-hydrogen) atoms. The van der Waals surface area contributed by atoms with E-state index in [9.17, 15) is 4.79 Å². The van der Waals surface area contributed by atoms with E-state index < -0.39 is 0 Å². The first kappa shape index (κ1) is 15.6. The third-order valence-electron chi connectivity index (χ3n) is 3.13. The van der Waals surface area contributed by atoms with Gasteiger partial charge in [-0.3, -0.25) is 9.89 Å². The fourth-order valence-electron chi connectivity index (χ4n) is 1.83. The van der Waals surface area contributed by atoms with E-state index in [1.54, 1.807) is 11.9 Å². The van der Waals surface area contributed by atoms with Gasteiger partial charge in [-0.05, 0) is 19.1 Å². The van der Waals surface area contributed by atoms with Crippen molar-refractivity contribution in [3.8, 4) is 0 Å². The van der Waals surface area contributed by atoms with Crippen LogP contribution >= 0.6 is 11.8 Å². The molecule has 0 fully saturated rings. The number of anilines is 1. The molecule has 0 bridgehead atoms. The van der Waals surface area contributed by atoms with Crippen molar-refractivity contribution in [2.45, 2.75) is 37.1 Å². The lowest BCUT2D eigenvalue weighted by Gasteiger charge is -2.20. The molecule has 0 radical (unpaired) electrons. The van der Waals surface area contributed by atoms with Crippen LogP contribution in [0.5, 0.6) is 0 Å². The Morgan fingerprint density at radius 3 is 2.48 bits per heavy atom. The number of thioether (sulfide) groups is 1. The van der Waals surface area contributed by atoms with Crippen LogP contribution in [-0.2, 0) is 4.79 Å². The summed E-state index contributed by atoms with van der Waals surface area (Å²) < 4.78 is 0. The Morgan fingerprint density at radius 1 is 1.24 bits per heavy atom. The number of aromatic amines is 1. The Hall–Kier alpha value is -1.82. The van der Waals surface area contributed by atoms with Crippen LogP contribution in [0.4, 0.5) is 5.69 Å². The van der Waals surface area contributed by atoms with E-state index in [2.05, 4.69) is 15.2 Å². The van der Waals surface area contributed by atoms with Crippen LogP contribution in [0.1, 0.15) is 32.5 Å². The number of H-pyrrole nitrogens is 1. The number of nitrogens with zero attached hydrogens (tertiary/aromatic N) is 3. The average molecular weight is 304 g/mol. The van der Waals surface area contributed by atoms with Gasteiger partial charge in [-0.15, -0.1) is 5.10 Å². The van der Waals surface area contributed by atoms with Gasteiger partial charge in [-0.2, -0.15) is 0 Å². The number of para-hydroxylation sites is 1. The van der Waals surface area contributed by atoms with Gasteiger partial charge in [-0.1, -0.05) is 43.8 Å². The van der Waals surface area contributed by atoms with Crippen molar-refractivity contribution in [3.05, 3.63) is 36.2 Å². The number of carbonyl (C=O) groups is 1. The van der Waals surface area contributed by atoms with E-state index >= 15 is 0 Å². The van der Waals surface area contributed by atoms with Crippen molar-refractivity contribution < 1.29 is 4.79 Å². The first-order chi connectivity index (χ1) is 9.99. The molecule has 2 rings (SSSR count). The molecular weight excluding hydrogens is 284 g/mol. The first-order valence-corrected chi connectivity index (χ1v) is 7.78. The maximum Gasteiger partial charge on any atom is 0.240 e. The van der Waals surface area contributed by atoms with Gasteiger partial charge in [0.1, 0.15) is 5.82 Å². The van der Waals surface area contributed by atoms with Gasteiger partial charge in [0, 0.05) is 18.7 Å². The summed E-state index contributed by atoms with van der Waals surface area (Å²) in [5.74, 6) is 1.17. The average Bonchev–Trinajstić information content (AvgIpc) is 2.95. The van der Waals surface area contributed by atoms with Gasteiger partial charge in [0.2, 0.25) is 11.1 Å². The lowest BCUT2D eigenvalue weighted by atomic mass is 10.2. The molecule has 1 amide bonds. The quantitative estimate of drug-likeness (QED) is 0.862. The highest BCUT2D eigenvalue weighted by Crippen LogP contribution is 2.23. The Labute approximate surface area is 129 Å². The number of carbonyl (C=O) groups excluding carboxylic acids is 1. The molecule has 112 valence electrons. The van der Waals surface area contributed by atoms with E-state index in [0.29, 0.717) is 11.1 Å². The number of hydrogen-bond donors (Lipinski definition) is 1. The van der Waals surface area contributed by atoms with Gasteiger partial charge in [0.25, 0.3) is 0 Å². The molecule has 0 saturated carbocycles. The topological polar surface area (TPSA) is 61.9 Å². The zero-order valence-corrected chi connectivity index (χ0v) is 13.5. The minimum atomic E-state index is -0.244. The Kier molecular flexibility index (Phi) is 5.01. The third-order valence-corrected chi connectivity index (χ3v) is 4.08. The van der Waals surface area contributed by atoms with Gasteiger partial charge in [-0.25, -0.2) is 4.98 Å². The number of aromatic nitrogens is 3. The molecule has 1 atom stereocenters. The van der Waals surface area contributed by atoms with Crippen LogP contribution in [0.3, 0.4) is 0 Å². The highest BCUT2D eigenvalue weighted by molar-refractivity contribution is 8.00. The molecule has 1 N–H and O–H groups in total. The summed E-state index contributed by atoms with van der Waals surface area (Å²) in [6, 6.07) is 9.60. The van der Waals surface area contributed by atoms with E-state index in [1.807, 2.05) is 51.1 Å². The van der Waals surface area contributed by atoms with Crippen LogP contribution in [0.25, 0.3) is 0 Å². The largest absolute Gasteiger partial charge is 0.315 e. The number of rotatable bonds is 5. The summed E-state index contributed by atoms with van der Waals surface area (Å²) in [7, 11) is 1.78. The minimum absolute atomic E-state index is 0.0297. The van der Waals surface area contributed by atoms with Crippen molar-refractivity contribution in [3.63, 3.8) is 0 Å². The van der Waals surface area contributed by atoms with E-state index in [1.165, 1.54) is 11.8 Å². The van der Waals surface area contributed by atoms with Crippen molar-refractivity contribution in [2.24, 2.45) is 0 Å². The van der Waals surface area contributed by atoms with Crippen LogP contribution in [0.15, 0.2) is 35.5 Å². The Balaban J connectivity index is 2.02. The smallest absolute Gasteiger partial charge is 0.240 e. The molecule has 5 nitrogen and oxygen atoms in total. The fourth-order valence-corrected chi connectivity index (χ4v) is 2.65. The fraction of sp³-hybridized carbons (Fsp3) is 0.400. The second kappa shape index (κ2) is 6.76. The molecule has 1 aromatic carbocycles. The molecule has 6 heteroatoms. The van der Waals surface area contributed by atoms with E-state index in [0.717, 1.165) is 11.5 Å². The van der Waals surface area contributed by atoms with Crippen LogP contribution in [0.2, 0.25) is 0 Å². The summed E-state index contributed by atoms with van der Waals surface area (Å²) in [4.78, 5) is 18.5. The predicted molar refractivity (Wildman–Crippen MR) is 85.6 cm³/mol. The number of amides is 1. The standard InChI is InChI=1S/C15H20N4OS/c1-10(2)13-16-15(18-17-13)21-11(3)14(20)19(4)12-8-6-5-7-9-12/h5-11H,1-4H3,(H,16,17,18)/t11-/m0/s1. The van der Waals surface area contributed by atoms with Crippen molar-refractivity contribution in [2.75, 3.05) is 11.9 Å². The number of benzene rings is 1. The predicted octanol–water partition coefficient (Wildman–Crippen LogP) is 3.07. The van der Waals surface area contributed by atoms with E-state index in [-0.39, 0.29) is 11.2 Å². The molecule has 1 heterocycles. The molecule has 2 aromatic rings. The van der Waals surface area contributed by atoms with Gasteiger partial charge >= 0.3 is 0 Å². The molecular formula is C15H20N4OS. The summed E-state index contributed by atoms with van der Waals surface area (Å²) >= 11 is 1.37. The summed E-state index contributed by atoms with van der Waals surface area (Å²) in [5, 5.41) is 7.42. The monoisotopic (exact) mass is 304 g/mol. The second-order valence-electron chi connectivity index (χ2n) is 5.15. The molecule has 0 aliphatic rings. The van der Waals surface area contributed by atoms with Crippen molar-refractivity contribution >= 4 is 23.4 Å². The third kappa shape index (κ3) is 3.85. The molecule has 0 saturated heterocycles. The second-order valence-corrected chi connectivity index (χ2v) is 6.46. The van der Waals surface area contributed by atoms with Gasteiger partial charge in [0.05, 0.1) is 5.25 Å². The lowest BCUT2D eigenvalue weighted by Crippen LogP contribution is -2.33. The van der Waals surface area contributed by atoms with Crippen molar-refractivity contribution in [1.82, 2.24) is 15.2 Å². The zero-order valence-electron chi connectivity index (χ0n) is 12.7. The normalized spacial score (nSPS) is 12.4. The lowest BCUT2D eigenvalue weighted by molar-refractivity contribution is -0.117. The Bertz CT molecular complexity index is 597. The SMILES string of the molecule is CC(C)c1nc(S[C@@H](C)C(=O)N(C)c2ccccc2)n[nH]1. The molecule has 0 aliphatic heterocycles. The highest BCUT2D eigenvalue weighted by Gasteiger charge is 2.21. The minimum Gasteiger partial charge on any atom is -0.315 e. The summed E-state index contributed by atoms with van der Waals surface area (Å²) in [6.45, 7) is 5.97. The van der Waals surface area contributed by atoms with Gasteiger partial charge < -0.3 is 4.90 Å².